The van der Waals surface area contributed by atoms with E-state index in [1.807, 2.05) is 0 Å². The van der Waals surface area contributed by atoms with Crippen molar-refractivity contribution in [1.29, 1.82) is 0 Å². The van der Waals surface area contributed by atoms with E-state index in [1.54, 1.807) is 38.5 Å². The van der Waals surface area contributed by atoms with E-state index < -0.39 is 0 Å². The van der Waals surface area contributed by atoms with Gasteiger partial charge in [-0.1, -0.05) is 11.6 Å². The zero-order valence-electron chi connectivity index (χ0n) is 12.8. The van der Waals surface area contributed by atoms with Crippen LogP contribution in [0.15, 0.2) is 35.0 Å². The summed E-state index contributed by atoms with van der Waals surface area (Å²) in [6, 6.07) is 5.02. The fourth-order valence-corrected chi connectivity index (χ4v) is 2.38. The van der Waals surface area contributed by atoms with Crippen LogP contribution in [0.25, 0.3) is 22.6 Å². The first-order valence-corrected chi connectivity index (χ1v) is 7.19. The Kier molecular flexibility index (Phi) is 3.92. The lowest BCUT2D eigenvalue weighted by molar-refractivity contribution is 0.0827. The van der Waals surface area contributed by atoms with Crippen molar-refractivity contribution in [1.82, 2.24) is 14.9 Å². The summed E-state index contributed by atoms with van der Waals surface area (Å²) in [5, 5.41) is 0.472. The molecule has 0 radical (unpaired) electrons. The van der Waals surface area contributed by atoms with Gasteiger partial charge in [0.15, 0.2) is 11.3 Å². The first-order chi connectivity index (χ1) is 11.0. The van der Waals surface area contributed by atoms with Gasteiger partial charge in [-0.05, 0) is 12.1 Å². The fourth-order valence-electron chi connectivity index (χ4n) is 2.18. The molecule has 7 heteroatoms. The molecule has 0 saturated heterocycles. The second-order valence-electron chi connectivity index (χ2n) is 5.09. The number of fused-ring (bicyclic) bond motifs is 1. The number of carbonyl (C=O) groups excluding carboxylic acids is 1. The number of carbonyl (C=O) groups is 1. The summed E-state index contributed by atoms with van der Waals surface area (Å²) < 4.78 is 11.1. The van der Waals surface area contributed by atoms with Crippen LogP contribution in [0, 0.1) is 0 Å². The zero-order chi connectivity index (χ0) is 16.6. The van der Waals surface area contributed by atoms with Gasteiger partial charge in [0.2, 0.25) is 0 Å². The van der Waals surface area contributed by atoms with Gasteiger partial charge < -0.3 is 14.1 Å². The monoisotopic (exact) mass is 331 g/mol. The molecular weight excluding hydrogens is 318 g/mol. The Bertz CT molecular complexity index is 889. The van der Waals surface area contributed by atoms with Crippen molar-refractivity contribution in [2.24, 2.45) is 0 Å². The quantitative estimate of drug-likeness (QED) is 0.737. The molecule has 0 bridgehead atoms. The van der Waals surface area contributed by atoms with Crippen molar-refractivity contribution < 1.29 is 13.9 Å². The number of hydrogen-bond donors (Lipinski definition) is 0. The molecule has 0 N–H and O–H groups in total. The second-order valence-corrected chi connectivity index (χ2v) is 5.50. The molecule has 1 amide bonds. The van der Waals surface area contributed by atoms with E-state index in [0.717, 1.165) is 0 Å². The number of furan rings is 1. The lowest BCUT2D eigenvalue weighted by atomic mass is 10.2. The van der Waals surface area contributed by atoms with E-state index in [1.165, 1.54) is 18.2 Å². The number of nitrogens with zero attached hydrogens (tertiary/aromatic N) is 3. The van der Waals surface area contributed by atoms with Crippen LogP contribution < -0.4 is 4.74 Å². The third-order valence-corrected chi connectivity index (χ3v) is 3.62. The number of pyridine rings is 2. The summed E-state index contributed by atoms with van der Waals surface area (Å²) in [6.45, 7) is 0. The van der Waals surface area contributed by atoms with Crippen molar-refractivity contribution in [2.45, 2.75) is 0 Å². The first-order valence-electron chi connectivity index (χ1n) is 6.81. The number of amides is 1. The standard InChI is InChI=1S/C16H14ClN3O3/c1-20(2)16(21)9-6-12(22-3)14(19-8-9)13-7-11-15(23-13)10(17)4-5-18-11/h4-8H,1-3H3. The molecule has 0 spiro atoms. The van der Waals surface area contributed by atoms with Crippen molar-refractivity contribution in [3.8, 4) is 17.2 Å². The minimum Gasteiger partial charge on any atom is -0.494 e. The molecule has 23 heavy (non-hydrogen) atoms. The molecule has 0 aliphatic rings. The van der Waals surface area contributed by atoms with Gasteiger partial charge in [0.25, 0.3) is 5.91 Å². The molecular formula is C16H14ClN3O3. The third kappa shape index (κ3) is 2.73. The SMILES string of the molecule is COc1cc(C(=O)N(C)C)cnc1-c1cc2nccc(Cl)c2o1. The minimum atomic E-state index is -0.156. The van der Waals surface area contributed by atoms with E-state index >= 15 is 0 Å². The van der Waals surface area contributed by atoms with Gasteiger partial charge in [-0.25, -0.2) is 4.98 Å². The van der Waals surface area contributed by atoms with E-state index in [-0.39, 0.29) is 5.91 Å². The van der Waals surface area contributed by atoms with Crippen LogP contribution in [-0.4, -0.2) is 42.0 Å². The molecule has 0 fully saturated rings. The molecule has 6 nitrogen and oxygen atoms in total. The van der Waals surface area contributed by atoms with Gasteiger partial charge in [-0.2, -0.15) is 0 Å². The van der Waals surface area contributed by atoms with Crippen molar-refractivity contribution in [3.05, 3.63) is 41.2 Å². The molecule has 3 aromatic rings. The van der Waals surface area contributed by atoms with Gasteiger partial charge in [0, 0.05) is 32.6 Å². The highest BCUT2D eigenvalue weighted by Crippen LogP contribution is 2.34. The molecule has 0 saturated carbocycles. The molecule has 0 aliphatic heterocycles. The maximum absolute atomic E-state index is 12.0. The number of aromatic nitrogens is 2. The Hall–Kier alpha value is -2.60. The summed E-state index contributed by atoms with van der Waals surface area (Å²) in [4.78, 5) is 22.0. The molecule has 3 rings (SSSR count). The Morgan fingerprint density at radius 3 is 2.74 bits per heavy atom. The van der Waals surface area contributed by atoms with Crippen molar-refractivity contribution in [3.63, 3.8) is 0 Å². The minimum absolute atomic E-state index is 0.156. The smallest absolute Gasteiger partial charge is 0.255 e. The second kappa shape index (κ2) is 5.89. The Labute approximate surface area is 137 Å². The predicted molar refractivity (Wildman–Crippen MR) is 86.8 cm³/mol. The number of methoxy groups -OCH3 is 1. The van der Waals surface area contributed by atoms with Crippen molar-refractivity contribution in [2.75, 3.05) is 21.2 Å². The molecule has 3 aromatic heterocycles. The largest absolute Gasteiger partial charge is 0.494 e. The van der Waals surface area contributed by atoms with Crippen LogP contribution in [-0.2, 0) is 0 Å². The lowest BCUT2D eigenvalue weighted by Gasteiger charge is -2.12. The molecule has 0 aliphatic carbocycles. The molecule has 3 heterocycles. The molecule has 118 valence electrons. The molecule has 0 atom stereocenters. The topological polar surface area (TPSA) is 68.5 Å². The van der Waals surface area contributed by atoms with Crippen LogP contribution in [0.4, 0.5) is 0 Å². The van der Waals surface area contributed by atoms with Crippen molar-refractivity contribution >= 4 is 28.6 Å². The first kappa shape index (κ1) is 15.3. The van der Waals surface area contributed by atoms with Gasteiger partial charge in [0.05, 0.1) is 17.7 Å². The highest BCUT2D eigenvalue weighted by atomic mass is 35.5. The van der Waals surface area contributed by atoms with Crippen LogP contribution in [0.3, 0.4) is 0 Å². The van der Waals surface area contributed by atoms with Gasteiger partial charge in [-0.3, -0.25) is 9.78 Å². The lowest BCUT2D eigenvalue weighted by Crippen LogP contribution is -2.21. The van der Waals surface area contributed by atoms with Crippen LogP contribution >= 0.6 is 11.6 Å². The van der Waals surface area contributed by atoms with Gasteiger partial charge in [0.1, 0.15) is 17.0 Å². The number of hydrogen-bond acceptors (Lipinski definition) is 5. The van der Waals surface area contributed by atoms with Crippen LogP contribution in [0.1, 0.15) is 10.4 Å². The van der Waals surface area contributed by atoms with Gasteiger partial charge >= 0.3 is 0 Å². The molecule has 0 aromatic carbocycles. The summed E-state index contributed by atoms with van der Waals surface area (Å²) in [7, 11) is 4.86. The number of rotatable bonds is 3. The maximum atomic E-state index is 12.0. The highest BCUT2D eigenvalue weighted by Gasteiger charge is 2.18. The van der Waals surface area contributed by atoms with E-state index in [2.05, 4.69) is 9.97 Å². The fraction of sp³-hybridized carbons (Fsp3) is 0.188. The third-order valence-electron chi connectivity index (χ3n) is 3.32. The predicted octanol–water partition coefficient (Wildman–Crippen LogP) is 3.25. The Morgan fingerprint density at radius 1 is 1.30 bits per heavy atom. The summed E-state index contributed by atoms with van der Waals surface area (Å²) in [5.41, 5.74) is 2.03. The van der Waals surface area contributed by atoms with E-state index in [0.29, 0.717) is 38.9 Å². The maximum Gasteiger partial charge on any atom is 0.255 e. The normalized spacial score (nSPS) is 10.8. The summed E-state index contributed by atoms with van der Waals surface area (Å²) in [6.07, 6.45) is 3.09. The van der Waals surface area contributed by atoms with Crippen LogP contribution in [0.5, 0.6) is 5.75 Å². The summed E-state index contributed by atoms with van der Waals surface area (Å²) in [5.74, 6) is 0.755. The van der Waals surface area contributed by atoms with E-state index in [9.17, 15) is 4.79 Å². The van der Waals surface area contributed by atoms with E-state index in [4.69, 9.17) is 20.8 Å². The average molecular weight is 332 g/mol. The summed E-state index contributed by atoms with van der Waals surface area (Å²) >= 11 is 6.10. The zero-order valence-corrected chi connectivity index (χ0v) is 13.6. The van der Waals surface area contributed by atoms with Crippen LogP contribution in [0.2, 0.25) is 5.02 Å². The Morgan fingerprint density at radius 2 is 2.09 bits per heavy atom. The Balaban J connectivity index is 2.11. The molecule has 0 unspecified atom stereocenters. The number of ether oxygens (including phenoxy) is 1. The number of halogens is 1. The van der Waals surface area contributed by atoms with Gasteiger partial charge in [-0.15, -0.1) is 0 Å². The average Bonchev–Trinajstić information content (AvgIpc) is 2.98. The highest BCUT2D eigenvalue weighted by molar-refractivity contribution is 6.34.